The molecule has 0 N–H and O–H groups in total. The predicted molar refractivity (Wildman–Crippen MR) is 153 cm³/mol. The normalized spacial score (nSPS) is 16.9. The van der Waals surface area contributed by atoms with Crippen LogP contribution in [0.2, 0.25) is 0 Å². The molecule has 2 saturated heterocycles. The molecule has 2 nitrogen and oxygen atoms in total. The Balaban J connectivity index is 1.33. The van der Waals surface area contributed by atoms with Gasteiger partial charge in [-0.15, -0.1) is 22.7 Å². The molecule has 6 aromatic rings. The maximum absolute atomic E-state index is 2.56. The van der Waals surface area contributed by atoms with Gasteiger partial charge in [-0.3, -0.25) is 0 Å². The monoisotopic (exact) mass is 478 g/mol. The molecule has 2 aliphatic heterocycles. The number of benzene rings is 4. The molecular formula is C30H26N2S2. The molecule has 8 rings (SSSR count). The van der Waals surface area contributed by atoms with Crippen molar-refractivity contribution in [1.82, 2.24) is 0 Å². The lowest BCUT2D eigenvalue weighted by Crippen LogP contribution is -2.15. The lowest BCUT2D eigenvalue weighted by molar-refractivity contribution is 0.949. The van der Waals surface area contributed by atoms with Gasteiger partial charge < -0.3 is 9.80 Å². The van der Waals surface area contributed by atoms with Crippen LogP contribution in [0, 0.1) is 0 Å². The van der Waals surface area contributed by atoms with Crippen molar-refractivity contribution in [3.05, 3.63) is 60.7 Å². The molecule has 0 unspecified atom stereocenters. The van der Waals surface area contributed by atoms with E-state index < -0.39 is 0 Å². The molecule has 4 aromatic carbocycles. The highest BCUT2D eigenvalue weighted by Gasteiger charge is 2.18. The third kappa shape index (κ3) is 2.79. The first-order chi connectivity index (χ1) is 16.8. The number of nitrogens with zero attached hydrogens (tertiary/aromatic N) is 2. The fourth-order valence-corrected chi connectivity index (χ4v) is 8.50. The van der Waals surface area contributed by atoms with E-state index in [9.17, 15) is 0 Å². The molecule has 168 valence electrons. The second kappa shape index (κ2) is 7.34. The first-order valence-electron chi connectivity index (χ1n) is 12.6. The van der Waals surface area contributed by atoms with Crippen molar-refractivity contribution in [3.8, 4) is 0 Å². The maximum atomic E-state index is 2.56. The Kier molecular flexibility index (Phi) is 4.20. The van der Waals surface area contributed by atoms with E-state index >= 15 is 0 Å². The van der Waals surface area contributed by atoms with E-state index in [0.717, 1.165) is 0 Å². The van der Waals surface area contributed by atoms with Crippen molar-refractivity contribution in [3.63, 3.8) is 0 Å². The number of fused-ring (bicyclic) bond motifs is 9. The zero-order valence-corrected chi connectivity index (χ0v) is 20.8. The molecule has 0 spiro atoms. The smallest absolute Gasteiger partial charge is 0.0921 e. The minimum absolute atomic E-state index is 1.20. The fraction of sp³-hybridized carbons (Fsp3) is 0.267. The van der Waals surface area contributed by atoms with Gasteiger partial charge in [0.05, 0.1) is 10.0 Å². The summed E-state index contributed by atoms with van der Waals surface area (Å²) in [5.41, 5.74) is 0. The van der Waals surface area contributed by atoms with E-state index in [-0.39, 0.29) is 0 Å². The summed E-state index contributed by atoms with van der Waals surface area (Å²) in [4.78, 5) is 5.13. The van der Waals surface area contributed by atoms with Crippen LogP contribution in [0.1, 0.15) is 25.7 Å². The van der Waals surface area contributed by atoms with E-state index in [1.165, 1.54) is 114 Å². The van der Waals surface area contributed by atoms with Crippen LogP contribution >= 0.6 is 22.7 Å². The molecular weight excluding hydrogens is 452 g/mol. The summed E-state index contributed by atoms with van der Waals surface area (Å²) in [6.07, 6.45) is 5.29. The van der Waals surface area contributed by atoms with Gasteiger partial charge in [-0.1, -0.05) is 36.4 Å². The van der Waals surface area contributed by atoms with Crippen molar-refractivity contribution in [1.29, 1.82) is 0 Å². The molecule has 0 saturated carbocycles. The number of thiophene rings is 2. The van der Waals surface area contributed by atoms with Crippen LogP contribution in [0.3, 0.4) is 0 Å². The van der Waals surface area contributed by atoms with Crippen molar-refractivity contribution in [2.75, 3.05) is 36.0 Å². The van der Waals surface area contributed by atoms with Gasteiger partial charge in [0.15, 0.2) is 0 Å². The van der Waals surface area contributed by atoms with Gasteiger partial charge in [0.2, 0.25) is 0 Å². The summed E-state index contributed by atoms with van der Waals surface area (Å²) < 4.78 is 2.81. The van der Waals surface area contributed by atoms with E-state index in [2.05, 4.69) is 70.5 Å². The first kappa shape index (κ1) is 19.5. The zero-order valence-electron chi connectivity index (χ0n) is 19.1. The summed E-state index contributed by atoms with van der Waals surface area (Å²) in [6, 6.07) is 23.7. The van der Waals surface area contributed by atoms with E-state index in [4.69, 9.17) is 0 Å². The van der Waals surface area contributed by atoms with Gasteiger partial charge >= 0.3 is 0 Å². The minimum Gasteiger partial charge on any atom is -0.363 e. The van der Waals surface area contributed by atoms with Crippen LogP contribution in [0.4, 0.5) is 10.0 Å². The molecule has 0 aliphatic carbocycles. The maximum Gasteiger partial charge on any atom is 0.0921 e. The quantitative estimate of drug-likeness (QED) is 0.229. The Labute approximate surface area is 207 Å². The molecule has 2 aliphatic rings. The van der Waals surface area contributed by atoms with Gasteiger partial charge in [-0.05, 0) is 82.3 Å². The zero-order chi connectivity index (χ0) is 22.2. The average molecular weight is 479 g/mol. The summed E-state index contributed by atoms with van der Waals surface area (Å²) in [5, 5.41) is 14.0. The molecule has 0 atom stereocenters. The Morgan fingerprint density at radius 2 is 0.735 bits per heavy atom. The lowest BCUT2D eigenvalue weighted by atomic mass is 9.95. The molecule has 4 heterocycles. The first-order valence-corrected chi connectivity index (χ1v) is 14.2. The molecule has 0 radical (unpaired) electrons. The van der Waals surface area contributed by atoms with Gasteiger partial charge in [0.1, 0.15) is 0 Å². The third-order valence-electron chi connectivity index (χ3n) is 8.00. The van der Waals surface area contributed by atoms with Gasteiger partial charge in [-0.25, -0.2) is 0 Å². The Morgan fingerprint density at radius 1 is 0.412 bits per heavy atom. The van der Waals surface area contributed by atoms with Gasteiger partial charge in [0.25, 0.3) is 0 Å². The summed E-state index contributed by atoms with van der Waals surface area (Å²) in [5.74, 6) is 0. The fourth-order valence-electron chi connectivity index (χ4n) is 6.24. The minimum atomic E-state index is 1.20. The predicted octanol–water partition coefficient (Wildman–Crippen LogP) is 8.78. The molecule has 34 heavy (non-hydrogen) atoms. The highest BCUT2D eigenvalue weighted by Crippen LogP contribution is 2.43. The topological polar surface area (TPSA) is 6.48 Å². The number of rotatable bonds is 2. The van der Waals surface area contributed by atoms with Crippen LogP contribution in [-0.4, -0.2) is 26.2 Å². The third-order valence-corrected chi connectivity index (χ3v) is 10.3. The van der Waals surface area contributed by atoms with Crippen molar-refractivity contribution >= 4 is 85.2 Å². The second-order valence-electron chi connectivity index (χ2n) is 9.93. The van der Waals surface area contributed by atoms with Crippen LogP contribution in [0.15, 0.2) is 60.7 Å². The molecule has 0 bridgehead atoms. The van der Waals surface area contributed by atoms with Gasteiger partial charge in [0, 0.05) is 46.4 Å². The highest BCUT2D eigenvalue weighted by atomic mass is 32.1. The summed E-state index contributed by atoms with van der Waals surface area (Å²) in [6.45, 7) is 4.82. The lowest BCUT2D eigenvalue weighted by Gasteiger charge is -2.13. The van der Waals surface area contributed by atoms with Crippen LogP contribution in [0.25, 0.3) is 52.5 Å². The summed E-state index contributed by atoms with van der Waals surface area (Å²) in [7, 11) is 0. The highest BCUT2D eigenvalue weighted by molar-refractivity contribution is 7.23. The van der Waals surface area contributed by atoms with Crippen molar-refractivity contribution < 1.29 is 0 Å². The summed E-state index contributed by atoms with van der Waals surface area (Å²) >= 11 is 3.91. The molecule has 2 aromatic heterocycles. The Bertz CT molecular complexity index is 1600. The van der Waals surface area contributed by atoms with Crippen molar-refractivity contribution in [2.24, 2.45) is 0 Å². The van der Waals surface area contributed by atoms with E-state index in [1.807, 2.05) is 22.7 Å². The van der Waals surface area contributed by atoms with Gasteiger partial charge in [-0.2, -0.15) is 0 Å². The largest absolute Gasteiger partial charge is 0.363 e. The number of anilines is 2. The second-order valence-corrected chi connectivity index (χ2v) is 12.1. The van der Waals surface area contributed by atoms with Crippen molar-refractivity contribution in [2.45, 2.75) is 25.7 Å². The van der Waals surface area contributed by atoms with Crippen LogP contribution < -0.4 is 9.80 Å². The Hall–Kier alpha value is -2.82. The Morgan fingerprint density at radius 3 is 1.12 bits per heavy atom. The number of hydrogen-bond acceptors (Lipinski definition) is 4. The molecule has 0 amide bonds. The van der Waals surface area contributed by atoms with Crippen LogP contribution in [0.5, 0.6) is 0 Å². The van der Waals surface area contributed by atoms with E-state index in [0.29, 0.717) is 0 Å². The average Bonchev–Trinajstić information content (AvgIpc) is 3.68. The standard InChI is InChI=1S/C30H26N2S2/c1-2-14-31(13-1)29-17-25-23-7-5-20-19(21(23)9-11-27(25)33-29)6-8-24-22(20)10-12-28-26(24)18-30(34-28)32-15-3-4-16-32/h5-12,17-18H,1-4,13-16H2. The SMILES string of the molecule is c1cc2c(ccc3c4ccc5sc(N6CCCC6)cc5c4ccc23)c2cc(N3CCCC3)sc12. The van der Waals surface area contributed by atoms with E-state index in [1.54, 1.807) is 0 Å². The molecule has 2 fully saturated rings. The van der Waals surface area contributed by atoms with Crippen LogP contribution in [-0.2, 0) is 0 Å². The molecule has 4 heteroatoms. The number of hydrogen-bond donors (Lipinski definition) is 0.